The quantitative estimate of drug-likeness (QED) is 0.284. The number of hydrogen-bond donors (Lipinski definition) is 0. The molecule has 1 fully saturated rings. The minimum absolute atomic E-state index is 0.0721. The number of benzene rings is 3. The van der Waals surface area contributed by atoms with Crippen LogP contribution in [-0.4, -0.2) is 33.6 Å². The molecule has 5 rings (SSSR count). The Balaban J connectivity index is 1.46. The number of halogens is 1. The zero-order valence-electron chi connectivity index (χ0n) is 19.9. The molecule has 0 unspecified atom stereocenters. The van der Waals surface area contributed by atoms with Crippen molar-refractivity contribution in [2.75, 3.05) is 25.1 Å². The van der Waals surface area contributed by atoms with E-state index in [1.54, 1.807) is 43.5 Å². The Bertz CT molecular complexity index is 1410. The third-order valence-corrected chi connectivity index (χ3v) is 8.48. The Labute approximate surface area is 216 Å². The van der Waals surface area contributed by atoms with Gasteiger partial charge in [-0.05, 0) is 79.3 Å². The van der Waals surface area contributed by atoms with Gasteiger partial charge in [-0.25, -0.2) is 8.42 Å². The van der Waals surface area contributed by atoms with E-state index in [0.717, 1.165) is 19.3 Å². The van der Waals surface area contributed by atoms with Crippen LogP contribution in [0.15, 0.2) is 93.2 Å². The first-order chi connectivity index (χ1) is 17.4. The third-order valence-electron chi connectivity index (χ3n) is 6.56. The van der Waals surface area contributed by atoms with E-state index in [1.165, 1.54) is 17.7 Å². The van der Waals surface area contributed by atoms with E-state index in [2.05, 4.69) is 29.2 Å². The SMILES string of the molecule is COc1ccc(-c2nc(S(=O)(=O)c3ccc(Cl)cc3)c(N3CCC(Cc4ccccc4)CC3)o2)cc1. The van der Waals surface area contributed by atoms with Crippen LogP contribution in [0.4, 0.5) is 5.88 Å². The van der Waals surface area contributed by atoms with Crippen LogP contribution in [0, 0.1) is 5.92 Å². The summed E-state index contributed by atoms with van der Waals surface area (Å²) in [6, 6.07) is 23.8. The van der Waals surface area contributed by atoms with Crippen molar-refractivity contribution >= 4 is 27.3 Å². The van der Waals surface area contributed by atoms with Crippen LogP contribution in [-0.2, 0) is 16.3 Å². The van der Waals surface area contributed by atoms with Gasteiger partial charge in [-0.15, -0.1) is 0 Å². The van der Waals surface area contributed by atoms with Crippen molar-refractivity contribution in [3.05, 3.63) is 89.4 Å². The number of sulfone groups is 1. The number of anilines is 1. The van der Waals surface area contributed by atoms with Gasteiger partial charge in [0.05, 0.1) is 12.0 Å². The van der Waals surface area contributed by atoms with Crippen LogP contribution in [0.1, 0.15) is 18.4 Å². The van der Waals surface area contributed by atoms with Gasteiger partial charge in [0.25, 0.3) is 0 Å². The van der Waals surface area contributed by atoms with Gasteiger partial charge < -0.3 is 14.1 Å². The summed E-state index contributed by atoms with van der Waals surface area (Å²) < 4.78 is 38.7. The fraction of sp³-hybridized carbons (Fsp3) is 0.250. The van der Waals surface area contributed by atoms with Crippen LogP contribution in [0.5, 0.6) is 5.75 Å². The molecule has 0 aliphatic carbocycles. The Hall–Kier alpha value is -3.29. The summed E-state index contributed by atoms with van der Waals surface area (Å²) in [4.78, 5) is 6.63. The lowest BCUT2D eigenvalue weighted by Gasteiger charge is -2.32. The molecule has 6 nitrogen and oxygen atoms in total. The average Bonchev–Trinajstić information content (AvgIpc) is 3.37. The summed E-state index contributed by atoms with van der Waals surface area (Å²) in [5, 5.41) is 0.394. The average molecular weight is 523 g/mol. The van der Waals surface area contributed by atoms with E-state index in [-0.39, 0.29) is 21.7 Å². The number of methoxy groups -OCH3 is 1. The van der Waals surface area contributed by atoms with E-state index in [9.17, 15) is 8.42 Å². The van der Waals surface area contributed by atoms with Crippen LogP contribution in [0.2, 0.25) is 5.02 Å². The highest BCUT2D eigenvalue weighted by molar-refractivity contribution is 7.91. The number of aromatic nitrogens is 1. The highest BCUT2D eigenvalue weighted by Crippen LogP contribution is 2.37. The fourth-order valence-electron chi connectivity index (χ4n) is 4.54. The first-order valence-electron chi connectivity index (χ1n) is 11.9. The molecule has 0 atom stereocenters. The molecule has 4 aromatic rings. The first kappa shape index (κ1) is 24.4. The second-order valence-corrected chi connectivity index (χ2v) is 11.2. The number of oxazole rings is 1. The molecule has 1 aromatic heterocycles. The van der Waals surface area contributed by atoms with Crippen LogP contribution < -0.4 is 9.64 Å². The molecule has 1 aliphatic rings. The van der Waals surface area contributed by atoms with Crippen molar-refractivity contribution in [3.63, 3.8) is 0 Å². The summed E-state index contributed by atoms with van der Waals surface area (Å²) in [5.74, 6) is 1.77. The monoisotopic (exact) mass is 522 g/mol. The van der Waals surface area contributed by atoms with Crippen molar-refractivity contribution in [1.82, 2.24) is 4.98 Å². The summed E-state index contributed by atoms with van der Waals surface area (Å²) in [5.41, 5.74) is 2.00. The molecule has 0 saturated carbocycles. The van der Waals surface area contributed by atoms with E-state index in [0.29, 0.717) is 35.3 Å². The van der Waals surface area contributed by atoms with E-state index >= 15 is 0 Å². The maximum atomic E-state index is 13.6. The molecule has 0 amide bonds. The standard InChI is InChI=1S/C28H27ClN2O4S/c1-34-24-11-7-22(8-12-24)26-30-27(36(32,33)25-13-9-23(29)10-14-25)28(35-26)31-17-15-21(16-18-31)19-20-5-3-2-4-6-20/h2-14,21H,15-19H2,1H3. The van der Waals surface area contributed by atoms with E-state index in [4.69, 9.17) is 20.8 Å². The molecular weight excluding hydrogens is 496 g/mol. The number of rotatable bonds is 7. The summed E-state index contributed by atoms with van der Waals surface area (Å²) in [6.45, 7) is 1.38. The number of piperidine rings is 1. The molecule has 0 spiro atoms. The highest BCUT2D eigenvalue weighted by Gasteiger charge is 2.33. The molecule has 2 heterocycles. The predicted molar refractivity (Wildman–Crippen MR) is 140 cm³/mol. The van der Waals surface area contributed by atoms with Crippen LogP contribution in [0.3, 0.4) is 0 Å². The van der Waals surface area contributed by atoms with Gasteiger partial charge in [0, 0.05) is 23.7 Å². The second kappa shape index (κ2) is 10.4. The summed E-state index contributed by atoms with van der Waals surface area (Å²) in [6.07, 6.45) is 2.89. The van der Waals surface area contributed by atoms with Crippen molar-refractivity contribution in [1.29, 1.82) is 0 Å². The number of ether oxygens (including phenoxy) is 1. The fourth-order valence-corrected chi connectivity index (χ4v) is 5.99. The minimum atomic E-state index is -3.93. The number of nitrogens with zero attached hydrogens (tertiary/aromatic N) is 2. The van der Waals surface area contributed by atoms with Gasteiger partial charge in [-0.3, -0.25) is 0 Å². The van der Waals surface area contributed by atoms with Crippen LogP contribution in [0.25, 0.3) is 11.5 Å². The minimum Gasteiger partial charge on any atom is -0.497 e. The summed E-state index contributed by atoms with van der Waals surface area (Å²) in [7, 11) is -2.33. The molecule has 186 valence electrons. The lowest BCUT2D eigenvalue weighted by Crippen LogP contribution is -2.34. The second-order valence-electron chi connectivity index (χ2n) is 8.94. The zero-order chi connectivity index (χ0) is 25.1. The molecular formula is C28H27ClN2O4S. The largest absolute Gasteiger partial charge is 0.497 e. The van der Waals surface area contributed by atoms with Crippen molar-refractivity contribution < 1.29 is 17.6 Å². The molecule has 1 aliphatic heterocycles. The third kappa shape index (κ3) is 5.13. The predicted octanol–water partition coefficient (Wildman–Crippen LogP) is 6.30. The van der Waals surface area contributed by atoms with Gasteiger partial charge in [-0.2, -0.15) is 4.98 Å². The molecule has 36 heavy (non-hydrogen) atoms. The Kier molecular flexibility index (Phi) is 7.03. The lowest BCUT2D eigenvalue weighted by atomic mass is 9.90. The van der Waals surface area contributed by atoms with Gasteiger partial charge in [0.15, 0.2) is 0 Å². The molecule has 3 aromatic carbocycles. The molecule has 0 bridgehead atoms. The van der Waals surface area contributed by atoms with Gasteiger partial charge in [0.1, 0.15) is 5.75 Å². The highest BCUT2D eigenvalue weighted by atomic mass is 35.5. The van der Waals surface area contributed by atoms with Gasteiger partial charge in [0.2, 0.25) is 26.6 Å². The normalized spacial score (nSPS) is 14.7. The number of hydrogen-bond acceptors (Lipinski definition) is 6. The molecule has 0 N–H and O–H groups in total. The topological polar surface area (TPSA) is 72.6 Å². The first-order valence-corrected chi connectivity index (χ1v) is 13.7. The van der Waals surface area contributed by atoms with Gasteiger partial charge in [-0.1, -0.05) is 41.9 Å². The van der Waals surface area contributed by atoms with E-state index < -0.39 is 9.84 Å². The maximum Gasteiger partial charge on any atom is 0.236 e. The lowest BCUT2D eigenvalue weighted by molar-refractivity contribution is 0.387. The van der Waals surface area contributed by atoms with Crippen molar-refractivity contribution in [2.45, 2.75) is 29.2 Å². The smallest absolute Gasteiger partial charge is 0.236 e. The summed E-state index contributed by atoms with van der Waals surface area (Å²) >= 11 is 5.99. The van der Waals surface area contributed by atoms with Crippen molar-refractivity contribution in [3.8, 4) is 17.2 Å². The van der Waals surface area contributed by atoms with Crippen molar-refractivity contribution in [2.24, 2.45) is 5.92 Å². The van der Waals surface area contributed by atoms with Gasteiger partial charge >= 0.3 is 0 Å². The Morgan fingerprint density at radius 1 is 0.972 bits per heavy atom. The molecule has 0 radical (unpaired) electrons. The Morgan fingerprint density at radius 2 is 1.64 bits per heavy atom. The molecule has 8 heteroatoms. The van der Waals surface area contributed by atoms with Crippen LogP contribution >= 0.6 is 11.6 Å². The van der Waals surface area contributed by atoms with E-state index in [1.807, 2.05) is 11.0 Å². The Morgan fingerprint density at radius 3 is 2.28 bits per heavy atom. The maximum absolute atomic E-state index is 13.6. The molecule has 1 saturated heterocycles. The zero-order valence-corrected chi connectivity index (χ0v) is 21.5.